The van der Waals surface area contributed by atoms with Crippen LogP contribution in [-0.4, -0.2) is 90.6 Å². The Morgan fingerprint density at radius 1 is 1.23 bits per heavy atom. The minimum atomic E-state index is -1.01. The van der Waals surface area contributed by atoms with Gasteiger partial charge in [-0.05, 0) is 5.92 Å². The topological polar surface area (TPSA) is 142 Å². The minimum Gasteiger partial charge on any atom is -0.383 e. The normalized spacial score (nSPS) is 22.1. The van der Waals surface area contributed by atoms with Crippen molar-refractivity contribution < 1.29 is 33.5 Å². The Bertz CT molecular complexity index is 746. The summed E-state index contributed by atoms with van der Waals surface area (Å²) in [6, 6.07) is -2.41. The average Bonchev–Trinajstić information content (AvgIpc) is 3.17. The van der Waals surface area contributed by atoms with E-state index < -0.39 is 47.7 Å². The number of carbonyl (C=O) groups is 6. The fraction of sp³-hybridized carbons (Fsp3) is 0.579. The molecule has 0 aromatic rings. The molecule has 1 fully saturated rings. The lowest BCUT2D eigenvalue weighted by molar-refractivity contribution is -0.147. The minimum absolute atomic E-state index is 0.118. The number of aldehydes is 1. The van der Waals surface area contributed by atoms with Gasteiger partial charge in [0.1, 0.15) is 18.4 Å². The zero-order chi connectivity index (χ0) is 22.4. The van der Waals surface area contributed by atoms with Crippen LogP contribution >= 0.6 is 0 Å². The summed E-state index contributed by atoms with van der Waals surface area (Å²) in [5, 5.41) is 4.97. The van der Waals surface area contributed by atoms with Gasteiger partial charge in [-0.1, -0.05) is 13.8 Å². The molecule has 0 saturated carbocycles. The Morgan fingerprint density at radius 3 is 2.40 bits per heavy atom. The molecule has 1 saturated heterocycles. The Hall–Kier alpha value is -3.08. The highest BCUT2D eigenvalue weighted by Crippen LogP contribution is 2.26. The molecule has 30 heavy (non-hydrogen) atoms. The Balaban J connectivity index is 2.10. The van der Waals surface area contributed by atoms with Crippen LogP contribution < -0.4 is 10.6 Å². The molecule has 2 rings (SSSR count). The van der Waals surface area contributed by atoms with Crippen LogP contribution in [0.3, 0.4) is 0 Å². The van der Waals surface area contributed by atoms with Crippen LogP contribution in [0.2, 0.25) is 0 Å². The van der Waals surface area contributed by atoms with Crippen molar-refractivity contribution in [3.63, 3.8) is 0 Å². The van der Waals surface area contributed by atoms with Crippen molar-refractivity contribution in [2.24, 2.45) is 5.92 Å². The maximum atomic E-state index is 12.9. The molecule has 0 aromatic heterocycles. The van der Waals surface area contributed by atoms with E-state index in [9.17, 15) is 28.8 Å². The van der Waals surface area contributed by atoms with Gasteiger partial charge < -0.3 is 25.1 Å². The molecule has 164 valence electrons. The van der Waals surface area contributed by atoms with E-state index in [4.69, 9.17) is 4.74 Å². The number of methoxy groups -OCH3 is 1. The first-order valence-electron chi connectivity index (χ1n) is 9.56. The van der Waals surface area contributed by atoms with E-state index in [0.717, 1.165) is 17.1 Å². The number of hydrogen-bond acceptors (Lipinski definition) is 7. The van der Waals surface area contributed by atoms with Gasteiger partial charge in [-0.25, -0.2) is 0 Å². The quantitative estimate of drug-likeness (QED) is 0.306. The Labute approximate surface area is 173 Å². The number of carbonyl (C=O) groups excluding carboxylic acids is 6. The maximum Gasteiger partial charge on any atom is 0.254 e. The monoisotopic (exact) mass is 422 g/mol. The average molecular weight is 422 g/mol. The van der Waals surface area contributed by atoms with E-state index in [0.29, 0.717) is 6.29 Å². The molecule has 2 heterocycles. The number of amides is 5. The molecule has 0 spiro atoms. The molecule has 2 N–H and O–H groups in total. The molecule has 0 bridgehead atoms. The summed E-state index contributed by atoms with van der Waals surface area (Å²) in [5.41, 5.74) is 0. The van der Waals surface area contributed by atoms with Crippen LogP contribution in [0, 0.1) is 5.92 Å². The van der Waals surface area contributed by atoms with Crippen molar-refractivity contribution in [1.82, 2.24) is 20.4 Å². The summed E-state index contributed by atoms with van der Waals surface area (Å²) in [7, 11) is 1.44. The first-order chi connectivity index (χ1) is 14.2. The van der Waals surface area contributed by atoms with E-state index in [-0.39, 0.29) is 32.0 Å². The lowest BCUT2D eigenvalue weighted by Gasteiger charge is -2.26. The maximum absolute atomic E-state index is 12.9. The highest BCUT2D eigenvalue weighted by molar-refractivity contribution is 6.15. The molecule has 3 atom stereocenters. The van der Waals surface area contributed by atoms with Crippen LogP contribution in [-0.2, 0) is 33.5 Å². The Morgan fingerprint density at radius 2 is 1.87 bits per heavy atom. The molecule has 0 aliphatic carbocycles. The van der Waals surface area contributed by atoms with Crippen LogP contribution in [0.1, 0.15) is 20.3 Å². The molecule has 2 aliphatic heterocycles. The molecule has 5 amide bonds. The lowest BCUT2D eigenvalue weighted by atomic mass is 10.0. The summed E-state index contributed by atoms with van der Waals surface area (Å²) >= 11 is 0. The molecule has 11 nitrogen and oxygen atoms in total. The van der Waals surface area contributed by atoms with Gasteiger partial charge in [0, 0.05) is 25.7 Å². The first kappa shape index (κ1) is 23.2. The third-order valence-corrected chi connectivity index (χ3v) is 4.96. The van der Waals surface area contributed by atoms with Crippen LogP contribution in [0.25, 0.3) is 0 Å². The van der Waals surface area contributed by atoms with Crippen molar-refractivity contribution >= 4 is 35.8 Å². The second-order valence-corrected chi connectivity index (χ2v) is 7.41. The molecular formula is C19H26N4O7. The van der Waals surface area contributed by atoms with E-state index in [1.165, 1.54) is 12.0 Å². The van der Waals surface area contributed by atoms with E-state index >= 15 is 0 Å². The first-order valence-corrected chi connectivity index (χ1v) is 9.56. The molecular weight excluding hydrogens is 396 g/mol. The van der Waals surface area contributed by atoms with Gasteiger partial charge in [-0.3, -0.25) is 28.9 Å². The fourth-order valence-corrected chi connectivity index (χ4v) is 3.51. The molecule has 11 heteroatoms. The number of rotatable bonds is 10. The van der Waals surface area contributed by atoms with Crippen LogP contribution in [0.15, 0.2) is 12.2 Å². The Kier molecular flexibility index (Phi) is 7.81. The van der Waals surface area contributed by atoms with Crippen LogP contribution in [0.4, 0.5) is 0 Å². The zero-order valence-electron chi connectivity index (χ0n) is 17.1. The van der Waals surface area contributed by atoms with Gasteiger partial charge in [-0.2, -0.15) is 0 Å². The van der Waals surface area contributed by atoms with Gasteiger partial charge in [0.05, 0.1) is 25.7 Å². The zero-order valence-corrected chi connectivity index (χ0v) is 17.1. The SMILES string of the molecule is COCC1CC(N2C(=O)C=CC2=O)C(=O)N1CC(=O)NC(C(=O)NCC=O)C(C)C. The highest BCUT2D eigenvalue weighted by atomic mass is 16.5. The fourth-order valence-electron chi connectivity index (χ4n) is 3.51. The van der Waals surface area contributed by atoms with E-state index in [1.54, 1.807) is 13.8 Å². The van der Waals surface area contributed by atoms with Gasteiger partial charge >= 0.3 is 0 Å². The summed E-state index contributed by atoms with van der Waals surface area (Å²) < 4.78 is 5.13. The number of hydrogen-bond donors (Lipinski definition) is 2. The standard InChI is InChI=1S/C19H26N4O7/c1-11(2)17(18(28)20-6-7-24)21-14(25)9-22-12(10-30-3)8-13(19(22)29)23-15(26)4-5-16(23)27/h4-5,7,11-13,17H,6,8-10H2,1-3H3,(H,20,28)(H,21,25). The van der Waals surface area contributed by atoms with Crippen molar-refractivity contribution in [2.75, 3.05) is 26.8 Å². The third kappa shape index (κ3) is 5.09. The second kappa shape index (κ2) is 10.1. The van der Waals surface area contributed by atoms with Crippen molar-refractivity contribution in [3.8, 4) is 0 Å². The van der Waals surface area contributed by atoms with Crippen molar-refractivity contribution in [3.05, 3.63) is 12.2 Å². The summed E-state index contributed by atoms with van der Waals surface area (Å²) in [4.78, 5) is 74.2. The van der Waals surface area contributed by atoms with Gasteiger partial charge in [0.2, 0.25) is 17.7 Å². The number of nitrogens with zero attached hydrogens (tertiary/aromatic N) is 2. The number of ether oxygens (including phenoxy) is 1. The largest absolute Gasteiger partial charge is 0.383 e. The number of nitrogens with one attached hydrogen (secondary N) is 2. The van der Waals surface area contributed by atoms with Gasteiger partial charge in [0.15, 0.2) is 0 Å². The smallest absolute Gasteiger partial charge is 0.254 e. The van der Waals surface area contributed by atoms with Crippen molar-refractivity contribution in [1.29, 1.82) is 0 Å². The summed E-state index contributed by atoms with van der Waals surface area (Å²) in [6.45, 7) is 3.04. The molecule has 3 unspecified atom stereocenters. The summed E-state index contributed by atoms with van der Waals surface area (Å²) in [5.74, 6) is -3.04. The van der Waals surface area contributed by atoms with Gasteiger partial charge in [0.25, 0.3) is 11.8 Å². The second-order valence-electron chi connectivity index (χ2n) is 7.41. The molecule has 0 aromatic carbocycles. The van der Waals surface area contributed by atoms with Gasteiger partial charge in [-0.15, -0.1) is 0 Å². The predicted octanol–water partition coefficient (Wildman–Crippen LogP) is -2.02. The number of likely N-dealkylation sites (tertiary alicyclic amines) is 1. The van der Waals surface area contributed by atoms with E-state index in [1.807, 2.05) is 0 Å². The number of imide groups is 1. The predicted molar refractivity (Wildman–Crippen MR) is 103 cm³/mol. The van der Waals surface area contributed by atoms with Crippen LogP contribution in [0.5, 0.6) is 0 Å². The highest BCUT2D eigenvalue weighted by Gasteiger charge is 2.47. The molecule has 0 radical (unpaired) electrons. The molecule has 2 aliphatic rings. The van der Waals surface area contributed by atoms with E-state index in [2.05, 4.69) is 10.6 Å². The lowest BCUT2D eigenvalue weighted by Crippen LogP contribution is -2.53. The van der Waals surface area contributed by atoms with Crippen molar-refractivity contribution in [2.45, 2.75) is 38.4 Å². The summed E-state index contributed by atoms with van der Waals surface area (Å²) in [6.07, 6.45) is 2.88. The third-order valence-electron chi connectivity index (χ3n) is 4.96.